The number of carbonyl (C=O) groups is 2. The fourth-order valence-corrected chi connectivity index (χ4v) is 2.48. The Balaban J connectivity index is 2.15. The van der Waals surface area contributed by atoms with Crippen LogP contribution in [0.25, 0.3) is 0 Å². The number of methoxy groups -OCH3 is 1. The highest BCUT2D eigenvalue weighted by Crippen LogP contribution is 2.27. The third-order valence-electron chi connectivity index (χ3n) is 3.89. The van der Waals surface area contributed by atoms with Crippen LogP contribution in [0.15, 0.2) is 0 Å². The quantitative estimate of drug-likeness (QED) is 0.575. The van der Waals surface area contributed by atoms with Crippen molar-refractivity contribution in [3.63, 3.8) is 0 Å². The Hall–Kier alpha value is -1.14. The van der Waals surface area contributed by atoms with Crippen molar-refractivity contribution in [1.82, 2.24) is 10.6 Å². The van der Waals surface area contributed by atoms with E-state index in [0.29, 0.717) is 32.0 Å². The zero-order chi connectivity index (χ0) is 15.0. The Morgan fingerprint density at radius 2 is 2.00 bits per heavy atom. The van der Waals surface area contributed by atoms with Crippen LogP contribution >= 0.6 is 0 Å². The Morgan fingerprint density at radius 3 is 2.65 bits per heavy atom. The largest absolute Gasteiger partial charge is 0.383 e. The Kier molecular flexibility index (Phi) is 7.54. The topological polar surface area (TPSA) is 93.5 Å². The van der Waals surface area contributed by atoms with Crippen LogP contribution in [0, 0.1) is 11.8 Å². The van der Waals surface area contributed by atoms with Crippen LogP contribution < -0.4 is 16.4 Å². The first kappa shape index (κ1) is 16.9. The van der Waals surface area contributed by atoms with Crippen LogP contribution in [-0.2, 0) is 14.3 Å². The molecule has 6 heteroatoms. The first-order chi connectivity index (χ1) is 9.54. The fourth-order valence-electron chi connectivity index (χ4n) is 2.48. The van der Waals surface area contributed by atoms with Crippen LogP contribution in [0.2, 0.25) is 0 Å². The van der Waals surface area contributed by atoms with Crippen molar-refractivity contribution in [1.29, 1.82) is 0 Å². The first-order valence-electron chi connectivity index (χ1n) is 7.33. The van der Waals surface area contributed by atoms with Gasteiger partial charge in [0.25, 0.3) is 0 Å². The molecule has 0 radical (unpaired) electrons. The minimum atomic E-state index is -0.0682. The summed E-state index contributed by atoms with van der Waals surface area (Å²) in [4.78, 5) is 23.4. The molecule has 116 valence electrons. The molecule has 0 bridgehead atoms. The molecule has 0 aromatic carbocycles. The molecule has 0 saturated heterocycles. The molecule has 6 nitrogen and oxygen atoms in total. The molecule has 2 amide bonds. The smallest absolute Gasteiger partial charge is 0.223 e. The van der Waals surface area contributed by atoms with Crippen molar-refractivity contribution in [2.24, 2.45) is 17.6 Å². The zero-order valence-electron chi connectivity index (χ0n) is 12.5. The molecule has 3 unspecified atom stereocenters. The van der Waals surface area contributed by atoms with Crippen LogP contribution in [0.4, 0.5) is 0 Å². The Labute approximate surface area is 120 Å². The van der Waals surface area contributed by atoms with Gasteiger partial charge in [-0.1, -0.05) is 6.92 Å². The van der Waals surface area contributed by atoms with Crippen molar-refractivity contribution >= 4 is 11.8 Å². The van der Waals surface area contributed by atoms with Crippen molar-refractivity contribution in [2.45, 2.75) is 38.6 Å². The molecule has 0 heterocycles. The van der Waals surface area contributed by atoms with Gasteiger partial charge in [0.1, 0.15) is 0 Å². The summed E-state index contributed by atoms with van der Waals surface area (Å²) in [6, 6.07) is 0.214. The standard InChI is InChI=1S/C14H27N3O3/c1-10-9-11(3-4-12(10)15)14(19)17-6-5-13(18)16-7-8-20-2/h10-12H,3-9,15H2,1-2H3,(H,16,18)(H,17,19). The highest BCUT2D eigenvalue weighted by Gasteiger charge is 2.29. The zero-order valence-corrected chi connectivity index (χ0v) is 12.5. The van der Waals surface area contributed by atoms with Crippen molar-refractivity contribution in [3.8, 4) is 0 Å². The van der Waals surface area contributed by atoms with E-state index in [4.69, 9.17) is 10.5 Å². The minimum Gasteiger partial charge on any atom is -0.383 e. The molecule has 1 aliphatic carbocycles. The highest BCUT2D eigenvalue weighted by atomic mass is 16.5. The molecule has 4 N–H and O–H groups in total. The third-order valence-corrected chi connectivity index (χ3v) is 3.89. The maximum Gasteiger partial charge on any atom is 0.223 e. The summed E-state index contributed by atoms with van der Waals surface area (Å²) in [5.74, 6) is 0.410. The van der Waals surface area contributed by atoms with Crippen LogP contribution in [-0.4, -0.2) is 44.7 Å². The van der Waals surface area contributed by atoms with Gasteiger partial charge in [-0.15, -0.1) is 0 Å². The van der Waals surface area contributed by atoms with E-state index in [0.717, 1.165) is 19.3 Å². The summed E-state index contributed by atoms with van der Waals surface area (Å²) in [6.07, 6.45) is 2.89. The lowest BCUT2D eigenvalue weighted by atomic mass is 9.79. The van der Waals surface area contributed by atoms with Gasteiger partial charge < -0.3 is 21.1 Å². The van der Waals surface area contributed by atoms with Gasteiger partial charge in [0.2, 0.25) is 11.8 Å². The number of amides is 2. The number of rotatable bonds is 7. The summed E-state index contributed by atoms with van der Waals surface area (Å²) >= 11 is 0. The first-order valence-corrected chi connectivity index (χ1v) is 7.33. The van der Waals surface area contributed by atoms with E-state index in [1.54, 1.807) is 7.11 Å². The highest BCUT2D eigenvalue weighted by molar-refractivity contribution is 5.80. The Morgan fingerprint density at radius 1 is 1.25 bits per heavy atom. The van der Waals surface area contributed by atoms with Gasteiger partial charge in [0, 0.05) is 38.6 Å². The van der Waals surface area contributed by atoms with E-state index in [1.807, 2.05) is 0 Å². The number of ether oxygens (including phenoxy) is 1. The lowest BCUT2D eigenvalue weighted by Crippen LogP contribution is -2.41. The van der Waals surface area contributed by atoms with Gasteiger partial charge in [-0.3, -0.25) is 9.59 Å². The molecule has 1 fully saturated rings. The summed E-state index contributed by atoms with van der Waals surface area (Å²) in [5.41, 5.74) is 5.94. The maximum absolute atomic E-state index is 12.0. The second kappa shape index (κ2) is 8.92. The number of nitrogens with two attached hydrogens (primary N) is 1. The molecule has 1 saturated carbocycles. The summed E-state index contributed by atoms with van der Waals surface area (Å²) in [7, 11) is 1.59. The van der Waals surface area contributed by atoms with Crippen molar-refractivity contribution < 1.29 is 14.3 Å². The lowest BCUT2D eigenvalue weighted by molar-refractivity contribution is -0.126. The number of hydrogen-bond donors (Lipinski definition) is 3. The third kappa shape index (κ3) is 5.88. The van der Waals surface area contributed by atoms with E-state index < -0.39 is 0 Å². The normalized spacial score (nSPS) is 26.1. The summed E-state index contributed by atoms with van der Waals surface area (Å²) < 4.78 is 4.84. The lowest BCUT2D eigenvalue weighted by Gasteiger charge is -2.31. The van der Waals surface area contributed by atoms with E-state index in [-0.39, 0.29) is 23.8 Å². The monoisotopic (exact) mass is 285 g/mol. The van der Waals surface area contributed by atoms with Gasteiger partial charge in [-0.25, -0.2) is 0 Å². The number of hydrogen-bond acceptors (Lipinski definition) is 4. The van der Waals surface area contributed by atoms with Crippen LogP contribution in [0.3, 0.4) is 0 Å². The second-order valence-electron chi connectivity index (χ2n) is 5.53. The van der Waals surface area contributed by atoms with Crippen molar-refractivity contribution in [2.75, 3.05) is 26.8 Å². The summed E-state index contributed by atoms with van der Waals surface area (Å²) in [6.45, 7) is 3.47. The van der Waals surface area contributed by atoms with E-state index >= 15 is 0 Å². The van der Waals surface area contributed by atoms with Gasteiger partial charge in [0.05, 0.1) is 6.61 Å². The molecular formula is C14H27N3O3. The van der Waals surface area contributed by atoms with Gasteiger partial charge >= 0.3 is 0 Å². The predicted molar refractivity (Wildman–Crippen MR) is 77.0 cm³/mol. The molecule has 1 rings (SSSR count). The maximum atomic E-state index is 12.0. The number of nitrogens with one attached hydrogen (secondary N) is 2. The SMILES string of the molecule is COCCNC(=O)CCNC(=O)C1CCC(N)C(C)C1. The molecule has 20 heavy (non-hydrogen) atoms. The summed E-state index contributed by atoms with van der Waals surface area (Å²) in [5, 5.41) is 5.56. The number of carbonyl (C=O) groups excluding carboxylic acids is 2. The minimum absolute atomic E-state index is 0.0429. The average molecular weight is 285 g/mol. The molecule has 0 aliphatic heterocycles. The predicted octanol–water partition coefficient (Wildman–Crippen LogP) is 0.0188. The molecular weight excluding hydrogens is 258 g/mol. The van der Waals surface area contributed by atoms with Gasteiger partial charge in [-0.05, 0) is 25.2 Å². The van der Waals surface area contributed by atoms with Crippen LogP contribution in [0.5, 0.6) is 0 Å². The molecule has 0 spiro atoms. The fraction of sp³-hybridized carbons (Fsp3) is 0.857. The van der Waals surface area contributed by atoms with Crippen LogP contribution in [0.1, 0.15) is 32.6 Å². The van der Waals surface area contributed by atoms with Crippen molar-refractivity contribution in [3.05, 3.63) is 0 Å². The van der Waals surface area contributed by atoms with Gasteiger partial charge in [0.15, 0.2) is 0 Å². The molecule has 0 aromatic rings. The molecule has 3 atom stereocenters. The van der Waals surface area contributed by atoms with E-state index in [2.05, 4.69) is 17.6 Å². The molecule has 0 aromatic heterocycles. The average Bonchev–Trinajstić information content (AvgIpc) is 2.42. The van der Waals surface area contributed by atoms with Gasteiger partial charge in [-0.2, -0.15) is 0 Å². The Bertz CT molecular complexity index is 323. The second-order valence-corrected chi connectivity index (χ2v) is 5.53. The van der Waals surface area contributed by atoms with E-state index in [1.165, 1.54) is 0 Å². The molecule has 1 aliphatic rings. The van der Waals surface area contributed by atoms with E-state index in [9.17, 15) is 9.59 Å².